The highest BCUT2D eigenvalue weighted by Gasteiger charge is 2.20. The summed E-state index contributed by atoms with van der Waals surface area (Å²) in [4.78, 5) is 11.5. The Morgan fingerprint density at radius 2 is 2.27 bits per heavy atom. The fourth-order valence-electron chi connectivity index (χ4n) is 1.10. The minimum Gasteiger partial charge on any atom is -0.370 e. The second-order valence-electron chi connectivity index (χ2n) is 2.81. The van der Waals surface area contributed by atoms with Gasteiger partial charge in [-0.05, 0) is 22.0 Å². The number of halogens is 1. The molecule has 0 radical (unpaired) electrons. The van der Waals surface area contributed by atoms with Crippen molar-refractivity contribution in [2.75, 3.05) is 11.9 Å². The molecule has 0 bridgehead atoms. The smallest absolute Gasteiger partial charge is 0.294 e. The van der Waals surface area contributed by atoms with Crippen LogP contribution in [-0.4, -0.2) is 17.9 Å². The molecule has 1 aromatic carbocycles. The molecule has 1 aromatic rings. The Hall–Kier alpha value is -1.63. The van der Waals surface area contributed by atoms with Gasteiger partial charge in [0.25, 0.3) is 5.69 Å². The molecule has 0 fully saturated rings. The second kappa shape index (κ2) is 4.26. The van der Waals surface area contributed by atoms with Gasteiger partial charge in [-0.25, -0.2) is 0 Å². The highest BCUT2D eigenvalue weighted by atomic mass is 79.9. The number of hydrogen-bond donors (Lipinski definition) is 2. The molecule has 3 N–H and O–H groups in total. The van der Waals surface area contributed by atoms with Crippen LogP contribution in [0.15, 0.2) is 22.7 Å². The molecule has 0 aliphatic carbocycles. The van der Waals surface area contributed by atoms with Crippen molar-refractivity contribution in [2.45, 2.75) is 0 Å². The second-order valence-corrected chi connectivity index (χ2v) is 3.66. The number of para-hydroxylation sites is 1. The number of hydrogen-bond acceptors (Lipinski definition) is 3. The van der Waals surface area contributed by atoms with Crippen molar-refractivity contribution in [1.82, 2.24) is 0 Å². The minimum absolute atomic E-state index is 0.0953. The number of nitro benzene ring substituents is 1. The zero-order chi connectivity index (χ0) is 11.6. The molecular formula is C8H9BrN4O2. The van der Waals surface area contributed by atoms with E-state index in [4.69, 9.17) is 11.1 Å². The first-order valence-corrected chi connectivity index (χ1v) is 4.75. The predicted octanol–water partition coefficient (Wildman–Crippen LogP) is 1.69. The third kappa shape index (κ3) is 2.24. The maximum atomic E-state index is 10.7. The number of rotatable bonds is 2. The van der Waals surface area contributed by atoms with Crippen LogP contribution in [0.4, 0.5) is 11.4 Å². The number of anilines is 1. The van der Waals surface area contributed by atoms with Gasteiger partial charge in [0.1, 0.15) is 5.69 Å². The first-order chi connectivity index (χ1) is 6.95. The molecule has 0 amide bonds. The normalized spacial score (nSPS) is 9.73. The maximum absolute atomic E-state index is 10.7. The molecule has 0 unspecified atom stereocenters. The van der Waals surface area contributed by atoms with Gasteiger partial charge in [0.05, 0.1) is 4.92 Å². The van der Waals surface area contributed by atoms with E-state index < -0.39 is 4.92 Å². The Labute approximate surface area is 94.5 Å². The van der Waals surface area contributed by atoms with E-state index in [0.29, 0.717) is 4.47 Å². The Kier molecular flexibility index (Phi) is 3.25. The van der Waals surface area contributed by atoms with Crippen molar-refractivity contribution in [2.24, 2.45) is 5.73 Å². The zero-order valence-electron chi connectivity index (χ0n) is 7.90. The van der Waals surface area contributed by atoms with E-state index in [1.807, 2.05) is 0 Å². The van der Waals surface area contributed by atoms with Gasteiger partial charge < -0.3 is 10.6 Å². The lowest BCUT2D eigenvalue weighted by Crippen LogP contribution is -2.33. The van der Waals surface area contributed by atoms with Gasteiger partial charge in [-0.15, -0.1) is 0 Å². The molecule has 0 saturated carbocycles. The molecule has 0 aromatic heterocycles. The molecule has 0 heterocycles. The highest BCUT2D eigenvalue weighted by Crippen LogP contribution is 2.34. The Bertz CT molecular complexity index is 421. The van der Waals surface area contributed by atoms with Crippen molar-refractivity contribution < 1.29 is 4.92 Å². The maximum Gasteiger partial charge on any atom is 0.294 e. The summed E-state index contributed by atoms with van der Waals surface area (Å²) in [7, 11) is 1.50. The molecule has 80 valence electrons. The third-order valence-electron chi connectivity index (χ3n) is 1.86. The number of benzene rings is 1. The van der Waals surface area contributed by atoms with E-state index in [1.54, 1.807) is 12.1 Å². The van der Waals surface area contributed by atoms with Gasteiger partial charge >= 0.3 is 0 Å². The standard InChI is InChI=1S/C8H9BrN4O2/c1-12(8(10)11)7-5(9)3-2-4-6(7)13(14)15/h2-4H,1H3,(H3,10,11). The molecule has 15 heavy (non-hydrogen) atoms. The van der Waals surface area contributed by atoms with E-state index >= 15 is 0 Å². The van der Waals surface area contributed by atoms with Crippen molar-refractivity contribution in [3.63, 3.8) is 0 Å². The van der Waals surface area contributed by atoms with E-state index in [1.165, 1.54) is 18.0 Å². The van der Waals surface area contributed by atoms with Crippen molar-refractivity contribution in [3.05, 3.63) is 32.8 Å². The van der Waals surface area contributed by atoms with Crippen LogP contribution in [0.3, 0.4) is 0 Å². The molecule has 6 nitrogen and oxygen atoms in total. The predicted molar refractivity (Wildman–Crippen MR) is 61.1 cm³/mol. The van der Waals surface area contributed by atoms with Crippen LogP contribution in [0.2, 0.25) is 0 Å². The molecule has 0 atom stereocenters. The minimum atomic E-state index is -0.514. The van der Waals surface area contributed by atoms with E-state index in [-0.39, 0.29) is 17.3 Å². The lowest BCUT2D eigenvalue weighted by Gasteiger charge is -2.17. The van der Waals surface area contributed by atoms with Crippen LogP contribution in [0, 0.1) is 15.5 Å². The summed E-state index contributed by atoms with van der Waals surface area (Å²) >= 11 is 3.19. The number of nitrogens with two attached hydrogens (primary N) is 1. The first-order valence-electron chi connectivity index (χ1n) is 3.95. The Balaban J connectivity index is 3.37. The number of nitrogens with one attached hydrogen (secondary N) is 1. The van der Waals surface area contributed by atoms with E-state index in [0.717, 1.165) is 0 Å². The summed E-state index contributed by atoms with van der Waals surface area (Å²) in [6, 6.07) is 4.57. The van der Waals surface area contributed by atoms with Crippen LogP contribution in [0.5, 0.6) is 0 Å². The Morgan fingerprint density at radius 1 is 1.67 bits per heavy atom. The highest BCUT2D eigenvalue weighted by molar-refractivity contribution is 9.10. The average molecular weight is 273 g/mol. The molecule has 0 aliphatic rings. The summed E-state index contributed by atoms with van der Waals surface area (Å²) in [5.74, 6) is -0.259. The van der Waals surface area contributed by atoms with Crippen LogP contribution in [-0.2, 0) is 0 Å². The Morgan fingerprint density at radius 3 is 2.73 bits per heavy atom. The molecular weight excluding hydrogens is 264 g/mol. The van der Waals surface area contributed by atoms with Crippen LogP contribution in [0.25, 0.3) is 0 Å². The molecule has 0 saturated heterocycles. The topological polar surface area (TPSA) is 96.2 Å². The van der Waals surface area contributed by atoms with Gasteiger partial charge in [-0.2, -0.15) is 0 Å². The van der Waals surface area contributed by atoms with Crippen LogP contribution < -0.4 is 10.6 Å². The van der Waals surface area contributed by atoms with Gasteiger partial charge in [-0.3, -0.25) is 15.5 Å². The van der Waals surface area contributed by atoms with Crippen molar-refractivity contribution >= 4 is 33.3 Å². The molecule has 0 aliphatic heterocycles. The summed E-state index contributed by atoms with van der Waals surface area (Å²) in [6.45, 7) is 0. The lowest BCUT2D eigenvalue weighted by atomic mass is 10.2. The SMILES string of the molecule is CN(C(=N)N)c1c(Br)cccc1[N+](=O)[O-]. The van der Waals surface area contributed by atoms with E-state index in [9.17, 15) is 10.1 Å². The van der Waals surface area contributed by atoms with Crippen LogP contribution >= 0.6 is 15.9 Å². The van der Waals surface area contributed by atoms with Crippen molar-refractivity contribution in [1.29, 1.82) is 5.41 Å². The molecule has 0 spiro atoms. The summed E-state index contributed by atoms with van der Waals surface area (Å²) in [6.07, 6.45) is 0. The van der Waals surface area contributed by atoms with Crippen LogP contribution in [0.1, 0.15) is 0 Å². The number of nitro groups is 1. The number of nitrogens with zero attached hydrogens (tertiary/aromatic N) is 2. The number of guanidine groups is 1. The summed E-state index contributed by atoms with van der Waals surface area (Å²) in [5, 5.41) is 18.0. The third-order valence-corrected chi connectivity index (χ3v) is 2.50. The van der Waals surface area contributed by atoms with Gasteiger partial charge in [0.2, 0.25) is 0 Å². The monoisotopic (exact) mass is 272 g/mol. The van der Waals surface area contributed by atoms with Crippen molar-refractivity contribution in [3.8, 4) is 0 Å². The first kappa shape index (κ1) is 11.4. The van der Waals surface area contributed by atoms with Gasteiger partial charge in [-0.1, -0.05) is 6.07 Å². The quantitative estimate of drug-likeness (QED) is 0.371. The van der Waals surface area contributed by atoms with Gasteiger partial charge in [0, 0.05) is 17.6 Å². The molecule has 1 rings (SSSR count). The fraction of sp³-hybridized carbons (Fsp3) is 0.125. The average Bonchev–Trinajstić information content (AvgIpc) is 2.16. The molecule has 7 heteroatoms. The van der Waals surface area contributed by atoms with E-state index in [2.05, 4.69) is 15.9 Å². The zero-order valence-corrected chi connectivity index (χ0v) is 9.48. The lowest BCUT2D eigenvalue weighted by molar-refractivity contribution is -0.384. The fourth-order valence-corrected chi connectivity index (χ4v) is 1.73. The summed E-state index contributed by atoms with van der Waals surface area (Å²) in [5.41, 5.74) is 5.45. The van der Waals surface area contributed by atoms with Gasteiger partial charge in [0.15, 0.2) is 5.96 Å². The summed E-state index contributed by atoms with van der Waals surface area (Å²) < 4.78 is 0.523. The largest absolute Gasteiger partial charge is 0.370 e.